The Morgan fingerprint density at radius 1 is 1.36 bits per heavy atom. The molecule has 2 aromatic rings. The van der Waals surface area contributed by atoms with Crippen molar-refractivity contribution in [3.05, 3.63) is 34.1 Å². The van der Waals surface area contributed by atoms with Gasteiger partial charge in [0.2, 0.25) is 17.7 Å². The van der Waals surface area contributed by atoms with Crippen LogP contribution in [0.25, 0.3) is 0 Å². The Hall–Kier alpha value is -2.22. The van der Waals surface area contributed by atoms with Crippen LogP contribution in [0.1, 0.15) is 54.2 Å². The van der Waals surface area contributed by atoms with E-state index in [1.54, 1.807) is 11.3 Å². The lowest BCUT2D eigenvalue weighted by Gasteiger charge is -2.30. The van der Waals surface area contributed by atoms with Gasteiger partial charge in [0.25, 0.3) is 0 Å². The zero-order valence-electron chi connectivity index (χ0n) is 13.8. The molecule has 0 saturated carbocycles. The van der Waals surface area contributed by atoms with Crippen molar-refractivity contribution in [3.63, 3.8) is 0 Å². The number of hydrogen-bond acceptors (Lipinski definition) is 6. The molecule has 25 heavy (non-hydrogen) atoms. The molecule has 0 bridgehead atoms. The summed E-state index contributed by atoms with van der Waals surface area (Å²) in [4.78, 5) is 31.2. The van der Waals surface area contributed by atoms with E-state index >= 15 is 0 Å². The fourth-order valence-corrected chi connectivity index (χ4v) is 4.11. The van der Waals surface area contributed by atoms with Crippen LogP contribution < -0.4 is 5.32 Å². The average molecular weight is 360 g/mol. The van der Waals surface area contributed by atoms with Gasteiger partial charge in [0.1, 0.15) is 6.04 Å². The third kappa shape index (κ3) is 3.58. The van der Waals surface area contributed by atoms with Gasteiger partial charge >= 0.3 is 0 Å². The maximum Gasteiger partial charge on any atom is 0.249 e. The molecule has 0 aromatic carbocycles. The van der Waals surface area contributed by atoms with Gasteiger partial charge in [0.15, 0.2) is 5.82 Å². The van der Waals surface area contributed by atoms with Gasteiger partial charge in [-0.3, -0.25) is 9.59 Å². The predicted molar refractivity (Wildman–Crippen MR) is 91.0 cm³/mol. The van der Waals surface area contributed by atoms with E-state index in [4.69, 9.17) is 4.52 Å². The Labute approximate surface area is 149 Å². The number of piperidine rings is 1. The first-order valence-electron chi connectivity index (χ1n) is 8.62. The SMILES string of the molecule is O=C1CC[C@H](c2nc(C3CCN(C(=O)Cc4cccs4)CC3)no2)N1. The first-order chi connectivity index (χ1) is 12.2. The van der Waals surface area contributed by atoms with Gasteiger partial charge in [0.05, 0.1) is 6.42 Å². The number of aromatic nitrogens is 2. The minimum atomic E-state index is -0.152. The Morgan fingerprint density at radius 3 is 2.88 bits per heavy atom. The molecule has 2 amide bonds. The number of thiophene rings is 1. The Morgan fingerprint density at radius 2 is 2.20 bits per heavy atom. The molecule has 0 unspecified atom stereocenters. The molecule has 0 spiro atoms. The molecule has 2 fully saturated rings. The summed E-state index contributed by atoms with van der Waals surface area (Å²) < 4.78 is 5.34. The largest absolute Gasteiger partial charge is 0.344 e. The highest BCUT2D eigenvalue weighted by Crippen LogP contribution is 2.29. The quantitative estimate of drug-likeness (QED) is 0.901. The highest BCUT2D eigenvalue weighted by atomic mass is 32.1. The van der Waals surface area contributed by atoms with Crippen molar-refractivity contribution >= 4 is 23.2 Å². The van der Waals surface area contributed by atoms with Crippen LogP contribution in [0.4, 0.5) is 0 Å². The van der Waals surface area contributed by atoms with E-state index in [1.807, 2.05) is 22.4 Å². The summed E-state index contributed by atoms with van der Waals surface area (Å²) in [5.74, 6) is 1.62. The standard InChI is InChI=1S/C17H20N4O3S/c22-14-4-3-13(18-14)17-19-16(20-24-17)11-5-7-21(8-6-11)15(23)10-12-2-1-9-25-12/h1-2,9,11,13H,3-8,10H2,(H,18,22)/t13-/m1/s1. The van der Waals surface area contributed by atoms with Crippen molar-refractivity contribution in [2.45, 2.75) is 44.1 Å². The number of carbonyl (C=O) groups excluding carboxylic acids is 2. The zero-order chi connectivity index (χ0) is 17.2. The summed E-state index contributed by atoms with van der Waals surface area (Å²) in [5, 5.41) is 8.94. The van der Waals surface area contributed by atoms with Crippen LogP contribution in [-0.4, -0.2) is 39.9 Å². The summed E-state index contributed by atoms with van der Waals surface area (Å²) in [5.41, 5.74) is 0. The van der Waals surface area contributed by atoms with Crippen molar-refractivity contribution < 1.29 is 14.1 Å². The van der Waals surface area contributed by atoms with Crippen molar-refractivity contribution in [3.8, 4) is 0 Å². The van der Waals surface area contributed by atoms with E-state index in [0.717, 1.165) is 30.8 Å². The van der Waals surface area contributed by atoms with Crippen molar-refractivity contribution in [1.29, 1.82) is 0 Å². The molecule has 132 valence electrons. The van der Waals surface area contributed by atoms with E-state index < -0.39 is 0 Å². The minimum absolute atomic E-state index is 0.0299. The van der Waals surface area contributed by atoms with Crippen molar-refractivity contribution in [1.82, 2.24) is 20.4 Å². The van der Waals surface area contributed by atoms with E-state index in [1.165, 1.54) is 0 Å². The topological polar surface area (TPSA) is 88.3 Å². The first-order valence-corrected chi connectivity index (χ1v) is 9.50. The molecule has 2 aliphatic heterocycles. The Balaban J connectivity index is 1.32. The monoisotopic (exact) mass is 360 g/mol. The first kappa shape index (κ1) is 16.3. The minimum Gasteiger partial charge on any atom is -0.344 e. The van der Waals surface area contributed by atoms with Crippen molar-refractivity contribution in [2.24, 2.45) is 0 Å². The van der Waals surface area contributed by atoms with Crippen LogP contribution in [0.2, 0.25) is 0 Å². The number of rotatable bonds is 4. The van der Waals surface area contributed by atoms with E-state index in [2.05, 4.69) is 15.5 Å². The summed E-state index contributed by atoms with van der Waals surface area (Å²) in [6.45, 7) is 1.44. The van der Waals surface area contributed by atoms with Gasteiger partial charge < -0.3 is 14.7 Å². The molecule has 4 heterocycles. The fourth-order valence-electron chi connectivity index (χ4n) is 3.42. The van der Waals surface area contributed by atoms with Crippen LogP contribution in [0, 0.1) is 0 Å². The average Bonchev–Trinajstić information content (AvgIpc) is 3.36. The summed E-state index contributed by atoms with van der Waals surface area (Å²) in [6, 6.07) is 3.82. The molecule has 2 saturated heterocycles. The third-order valence-electron chi connectivity index (χ3n) is 4.87. The summed E-state index contributed by atoms with van der Waals surface area (Å²) >= 11 is 1.62. The second-order valence-corrected chi connectivity index (χ2v) is 7.59. The van der Waals surface area contributed by atoms with Gasteiger partial charge in [-0.15, -0.1) is 11.3 Å². The zero-order valence-corrected chi connectivity index (χ0v) is 14.6. The Kier molecular flexibility index (Phi) is 4.52. The van der Waals surface area contributed by atoms with Gasteiger partial charge in [-0.05, 0) is 30.7 Å². The smallest absolute Gasteiger partial charge is 0.249 e. The number of likely N-dealkylation sites (tertiary alicyclic amines) is 1. The second kappa shape index (κ2) is 6.95. The lowest BCUT2D eigenvalue weighted by atomic mass is 9.96. The van der Waals surface area contributed by atoms with Crippen LogP contribution in [0.3, 0.4) is 0 Å². The van der Waals surface area contributed by atoms with E-state index in [0.29, 0.717) is 31.0 Å². The number of nitrogens with one attached hydrogen (secondary N) is 1. The van der Waals surface area contributed by atoms with Gasteiger partial charge in [-0.25, -0.2) is 0 Å². The van der Waals surface area contributed by atoms with Gasteiger partial charge in [0, 0.05) is 30.3 Å². The highest BCUT2D eigenvalue weighted by Gasteiger charge is 2.30. The van der Waals surface area contributed by atoms with Crippen molar-refractivity contribution in [2.75, 3.05) is 13.1 Å². The molecule has 2 aromatic heterocycles. The summed E-state index contributed by atoms with van der Waals surface area (Å²) in [7, 11) is 0. The molecule has 2 aliphatic rings. The fraction of sp³-hybridized carbons (Fsp3) is 0.529. The molecule has 7 nitrogen and oxygen atoms in total. The lowest BCUT2D eigenvalue weighted by molar-refractivity contribution is -0.131. The van der Waals surface area contributed by atoms with Crippen LogP contribution in [-0.2, 0) is 16.0 Å². The molecule has 0 aliphatic carbocycles. The highest BCUT2D eigenvalue weighted by molar-refractivity contribution is 7.10. The molecule has 1 atom stereocenters. The second-order valence-electron chi connectivity index (χ2n) is 6.56. The number of carbonyl (C=O) groups is 2. The molecule has 8 heteroatoms. The Bertz CT molecular complexity index is 750. The molecular weight excluding hydrogens is 340 g/mol. The molecule has 1 N–H and O–H groups in total. The molecule has 4 rings (SSSR count). The maximum atomic E-state index is 12.4. The number of hydrogen-bond donors (Lipinski definition) is 1. The molecular formula is C17H20N4O3S. The summed E-state index contributed by atoms with van der Waals surface area (Å²) in [6.07, 6.45) is 3.37. The van der Waals surface area contributed by atoms with E-state index in [-0.39, 0.29) is 23.8 Å². The van der Waals surface area contributed by atoms with Gasteiger partial charge in [-0.1, -0.05) is 11.2 Å². The number of amides is 2. The third-order valence-corrected chi connectivity index (χ3v) is 5.75. The van der Waals surface area contributed by atoms with E-state index in [9.17, 15) is 9.59 Å². The van der Waals surface area contributed by atoms with Gasteiger partial charge in [-0.2, -0.15) is 4.98 Å². The number of nitrogens with zero attached hydrogens (tertiary/aromatic N) is 3. The van der Waals surface area contributed by atoms with Crippen LogP contribution in [0.15, 0.2) is 22.0 Å². The van der Waals surface area contributed by atoms with Crippen LogP contribution in [0.5, 0.6) is 0 Å². The maximum absolute atomic E-state index is 12.4. The predicted octanol–water partition coefficient (Wildman–Crippen LogP) is 2.03. The van der Waals surface area contributed by atoms with Crippen LogP contribution >= 0.6 is 11.3 Å². The molecule has 0 radical (unpaired) electrons. The normalized spacial score (nSPS) is 21.5. The lowest BCUT2D eigenvalue weighted by Crippen LogP contribution is -2.38.